The predicted molar refractivity (Wildman–Crippen MR) is 102 cm³/mol. The average Bonchev–Trinajstić information content (AvgIpc) is 3.11. The van der Waals surface area contributed by atoms with Gasteiger partial charge in [-0.3, -0.25) is 4.79 Å². The Morgan fingerprint density at radius 2 is 2.00 bits per heavy atom. The summed E-state index contributed by atoms with van der Waals surface area (Å²) in [6.45, 7) is 6.36. The van der Waals surface area contributed by atoms with E-state index in [2.05, 4.69) is 6.07 Å². The maximum absolute atomic E-state index is 13.4. The van der Waals surface area contributed by atoms with Gasteiger partial charge in [0.05, 0.1) is 17.7 Å². The van der Waals surface area contributed by atoms with E-state index in [4.69, 9.17) is 19.9 Å². The van der Waals surface area contributed by atoms with Gasteiger partial charge in [0.15, 0.2) is 11.5 Å². The average molecular weight is 379 g/mol. The van der Waals surface area contributed by atoms with Crippen molar-refractivity contribution in [2.75, 3.05) is 6.79 Å². The number of rotatable bonds is 3. The summed E-state index contributed by atoms with van der Waals surface area (Å²) in [5.74, 6) is 1.49. The zero-order chi connectivity index (χ0) is 20.0. The predicted octanol–water partition coefficient (Wildman–Crippen LogP) is 2.76. The molecule has 1 aromatic heterocycles. The Hall–Kier alpha value is -3.40. The lowest BCUT2D eigenvalue weighted by Crippen LogP contribution is -2.34. The molecule has 2 aliphatic rings. The van der Waals surface area contributed by atoms with Crippen LogP contribution in [-0.4, -0.2) is 11.4 Å². The van der Waals surface area contributed by atoms with E-state index in [1.54, 1.807) is 10.6 Å². The topological polar surface area (TPSA) is 99.5 Å². The highest BCUT2D eigenvalue weighted by molar-refractivity contribution is 5.50. The Labute approximate surface area is 162 Å². The van der Waals surface area contributed by atoms with Gasteiger partial charge in [-0.1, -0.05) is 19.9 Å². The molecule has 2 aromatic rings. The summed E-state index contributed by atoms with van der Waals surface area (Å²) < 4.78 is 18.1. The van der Waals surface area contributed by atoms with Crippen LogP contribution in [0.3, 0.4) is 0 Å². The van der Waals surface area contributed by atoms with Gasteiger partial charge >= 0.3 is 0 Å². The highest BCUT2D eigenvalue weighted by Crippen LogP contribution is 2.40. The lowest BCUT2D eigenvalue weighted by atomic mass is 9.81. The van der Waals surface area contributed by atoms with E-state index in [-0.39, 0.29) is 24.2 Å². The Balaban J connectivity index is 1.81. The summed E-state index contributed by atoms with van der Waals surface area (Å²) in [6, 6.07) is 9.55. The molecule has 2 aliphatic heterocycles. The van der Waals surface area contributed by atoms with Crippen molar-refractivity contribution in [3.05, 3.63) is 62.9 Å². The van der Waals surface area contributed by atoms with Gasteiger partial charge in [0.25, 0.3) is 5.56 Å². The van der Waals surface area contributed by atoms with E-state index in [1.165, 1.54) is 0 Å². The monoisotopic (exact) mass is 379 g/mol. The first-order valence-electron chi connectivity index (χ1n) is 9.11. The number of nitriles is 1. The van der Waals surface area contributed by atoms with E-state index in [9.17, 15) is 10.1 Å². The molecule has 1 unspecified atom stereocenters. The summed E-state index contributed by atoms with van der Waals surface area (Å²) in [5.41, 5.74) is 8.22. The normalized spacial score (nSPS) is 17.3. The summed E-state index contributed by atoms with van der Waals surface area (Å²) >= 11 is 0. The molecule has 7 heteroatoms. The largest absolute Gasteiger partial charge is 0.454 e. The van der Waals surface area contributed by atoms with Crippen LogP contribution in [0.2, 0.25) is 0 Å². The SMILES string of the molecule is Cc1cc2c(c(=O)n1Cc1ccc3c(c1)OCO3)C(C(C)C)C(C#N)=C(N)O2. The van der Waals surface area contributed by atoms with Crippen molar-refractivity contribution in [2.45, 2.75) is 33.2 Å². The molecule has 1 aromatic carbocycles. The number of allylic oxidation sites excluding steroid dienone is 1. The Morgan fingerprint density at radius 3 is 2.71 bits per heavy atom. The maximum atomic E-state index is 13.4. The molecule has 1 atom stereocenters. The number of hydrogen-bond acceptors (Lipinski definition) is 6. The van der Waals surface area contributed by atoms with Crippen LogP contribution < -0.4 is 25.5 Å². The fourth-order valence-corrected chi connectivity index (χ4v) is 3.81. The van der Waals surface area contributed by atoms with Gasteiger partial charge in [-0.25, -0.2) is 0 Å². The van der Waals surface area contributed by atoms with Crippen LogP contribution in [0.4, 0.5) is 0 Å². The molecule has 0 fully saturated rings. The lowest BCUT2D eigenvalue weighted by Gasteiger charge is -2.29. The van der Waals surface area contributed by atoms with Gasteiger partial charge in [-0.15, -0.1) is 0 Å². The molecule has 144 valence electrons. The molecule has 0 bridgehead atoms. The minimum atomic E-state index is -0.398. The van der Waals surface area contributed by atoms with Crippen LogP contribution in [0.15, 0.2) is 40.5 Å². The number of aromatic nitrogens is 1. The smallest absolute Gasteiger partial charge is 0.258 e. The number of aryl methyl sites for hydroxylation is 1. The minimum Gasteiger partial charge on any atom is -0.454 e. The van der Waals surface area contributed by atoms with Crippen LogP contribution in [0.1, 0.15) is 36.6 Å². The third-order valence-corrected chi connectivity index (χ3v) is 5.18. The Morgan fingerprint density at radius 1 is 1.25 bits per heavy atom. The molecule has 2 N–H and O–H groups in total. The number of pyridine rings is 1. The first kappa shape index (κ1) is 18.0. The highest BCUT2D eigenvalue weighted by Gasteiger charge is 2.35. The molecule has 0 saturated carbocycles. The van der Waals surface area contributed by atoms with Crippen molar-refractivity contribution in [1.29, 1.82) is 5.26 Å². The molecule has 0 spiro atoms. The van der Waals surface area contributed by atoms with Crippen molar-refractivity contribution in [3.63, 3.8) is 0 Å². The standard InChI is InChI=1S/C21H21N3O4/c1-11(2)18-14(8-22)20(23)28-17-6-12(3)24(21(25)19(17)18)9-13-4-5-15-16(7-13)27-10-26-15/h4-7,11,18H,9-10,23H2,1-3H3. The van der Waals surface area contributed by atoms with E-state index in [0.29, 0.717) is 34.9 Å². The molecule has 7 nitrogen and oxygen atoms in total. The van der Waals surface area contributed by atoms with Crippen molar-refractivity contribution in [1.82, 2.24) is 4.57 Å². The third kappa shape index (κ3) is 2.78. The fourth-order valence-electron chi connectivity index (χ4n) is 3.81. The molecule has 3 heterocycles. The number of ether oxygens (including phenoxy) is 3. The second-order valence-corrected chi connectivity index (χ2v) is 7.36. The zero-order valence-corrected chi connectivity index (χ0v) is 16.0. The highest BCUT2D eigenvalue weighted by atomic mass is 16.7. The van der Waals surface area contributed by atoms with Gasteiger partial charge in [0.1, 0.15) is 11.8 Å². The number of fused-ring (bicyclic) bond motifs is 2. The molecule has 0 aliphatic carbocycles. The first-order valence-corrected chi connectivity index (χ1v) is 9.11. The van der Waals surface area contributed by atoms with Crippen LogP contribution in [0.5, 0.6) is 17.2 Å². The van der Waals surface area contributed by atoms with E-state index in [0.717, 1.165) is 11.3 Å². The summed E-state index contributed by atoms with van der Waals surface area (Å²) in [7, 11) is 0. The van der Waals surface area contributed by atoms with Crippen molar-refractivity contribution < 1.29 is 14.2 Å². The molecule has 0 saturated heterocycles. The van der Waals surface area contributed by atoms with E-state index < -0.39 is 5.92 Å². The minimum absolute atomic E-state index is 0.0187. The van der Waals surface area contributed by atoms with Gasteiger partial charge < -0.3 is 24.5 Å². The molecule has 4 rings (SSSR count). The number of nitrogens with zero attached hydrogens (tertiary/aromatic N) is 2. The van der Waals surface area contributed by atoms with Crippen LogP contribution in [0.25, 0.3) is 0 Å². The van der Waals surface area contributed by atoms with Crippen LogP contribution in [-0.2, 0) is 6.54 Å². The summed E-state index contributed by atoms with van der Waals surface area (Å²) in [5, 5.41) is 9.54. The van der Waals surface area contributed by atoms with Gasteiger partial charge in [-0.05, 0) is 30.5 Å². The van der Waals surface area contributed by atoms with E-state index in [1.807, 2.05) is 39.0 Å². The second-order valence-electron chi connectivity index (χ2n) is 7.36. The maximum Gasteiger partial charge on any atom is 0.258 e. The third-order valence-electron chi connectivity index (χ3n) is 5.18. The molecule has 28 heavy (non-hydrogen) atoms. The lowest BCUT2D eigenvalue weighted by molar-refractivity contribution is 0.174. The summed E-state index contributed by atoms with van der Waals surface area (Å²) in [4.78, 5) is 13.4. The summed E-state index contributed by atoms with van der Waals surface area (Å²) in [6.07, 6.45) is 0. The van der Waals surface area contributed by atoms with Crippen molar-refractivity contribution >= 4 is 0 Å². The number of nitrogens with two attached hydrogens (primary N) is 1. The molecular formula is C21H21N3O4. The Kier molecular flexibility index (Phi) is 4.27. The first-order chi connectivity index (χ1) is 13.4. The van der Waals surface area contributed by atoms with Crippen molar-refractivity contribution in [2.24, 2.45) is 11.7 Å². The molecule has 0 amide bonds. The fraction of sp³-hybridized carbons (Fsp3) is 0.333. The van der Waals surface area contributed by atoms with Gasteiger partial charge in [0.2, 0.25) is 12.7 Å². The second kappa shape index (κ2) is 6.64. The number of hydrogen-bond donors (Lipinski definition) is 1. The molecule has 0 radical (unpaired) electrons. The zero-order valence-electron chi connectivity index (χ0n) is 16.0. The van der Waals surface area contributed by atoms with Gasteiger partial charge in [0, 0.05) is 17.7 Å². The van der Waals surface area contributed by atoms with Crippen molar-refractivity contribution in [3.8, 4) is 23.3 Å². The van der Waals surface area contributed by atoms with Crippen LogP contribution in [0, 0.1) is 24.2 Å². The van der Waals surface area contributed by atoms with E-state index >= 15 is 0 Å². The van der Waals surface area contributed by atoms with Crippen LogP contribution >= 0.6 is 0 Å². The van der Waals surface area contributed by atoms with Gasteiger partial charge in [-0.2, -0.15) is 5.26 Å². The number of benzene rings is 1. The molecular weight excluding hydrogens is 358 g/mol. The Bertz CT molecular complexity index is 1090. The quantitative estimate of drug-likeness (QED) is 0.880.